The second kappa shape index (κ2) is 8.06. The average Bonchev–Trinajstić information content (AvgIpc) is 2.48. The molecule has 22 heavy (non-hydrogen) atoms. The highest BCUT2D eigenvalue weighted by Crippen LogP contribution is 2.23. The Labute approximate surface area is 138 Å². The van der Waals surface area contributed by atoms with Crippen LogP contribution in [0.5, 0.6) is 0 Å². The van der Waals surface area contributed by atoms with E-state index in [1.54, 1.807) is 18.2 Å². The predicted molar refractivity (Wildman–Crippen MR) is 90.2 cm³/mol. The highest BCUT2D eigenvalue weighted by atomic mass is 79.9. The SMILES string of the molecule is Cc1ccc(NC(=O)CCNCc2ccccc2F)c(Br)c1. The molecule has 0 bridgehead atoms. The van der Waals surface area contributed by atoms with Crippen LogP contribution in [0.1, 0.15) is 17.5 Å². The molecule has 0 aliphatic rings. The Morgan fingerprint density at radius 3 is 2.73 bits per heavy atom. The number of benzene rings is 2. The molecule has 116 valence electrons. The van der Waals surface area contributed by atoms with E-state index < -0.39 is 0 Å². The van der Waals surface area contributed by atoms with E-state index in [-0.39, 0.29) is 11.7 Å². The van der Waals surface area contributed by atoms with Crippen LogP contribution in [0.2, 0.25) is 0 Å². The van der Waals surface area contributed by atoms with E-state index in [0.29, 0.717) is 25.1 Å². The molecule has 0 heterocycles. The number of amides is 1. The molecule has 3 nitrogen and oxygen atoms in total. The van der Waals surface area contributed by atoms with Gasteiger partial charge in [-0.25, -0.2) is 4.39 Å². The van der Waals surface area contributed by atoms with Crippen molar-refractivity contribution in [2.45, 2.75) is 19.9 Å². The molecule has 0 fully saturated rings. The zero-order chi connectivity index (χ0) is 15.9. The lowest BCUT2D eigenvalue weighted by molar-refractivity contribution is -0.116. The number of aryl methyl sites for hydroxylation is 1. The Hall–Kier alpha value is -1.72. The Kier molecular flexibility index (Phi) is 6.10. The molecule has 2 aromatic rings. The maximum absolute atomic E-state index is 13.4. The van der Waals surface area contributed by atoms with Gasteiger partial charge in [0.05, 0.1) is 5.69 Å². The number of carbonyl (C=O) groups excluding carboxylic acids is 1. The summed E-state index contributed by atoms with van der Waals surface area (Å²) in [5, 5.41) is 5.92. The van der Waals surface area contributed by atoms with Gasteiger partial charge in [0.25, 0.3) is 0 Å². The summed E-state index contributed by atoms with van der Waals surface area (Å²) in [6, 6.07) is 12.4. The highest BCUT2D eigenvalue weighted by molar-refractivity contribution is 9.10. The van der Waals surface area contributed by atoms with E-state index in [9.17, 15) is 9.18 Å². The summed E-state index contributed by atoms with van der Waals surface area (Å²) >= 11 is 3.42. The summed E-state index contributed by atoms with van der Waals surface area (Å²) in [7, 11) is 0. The summed E-state index contributed by atoms with van der Waals surface area (Å²) < 4.78 is 14.3. The van der Waals surface area contributed by atoms with Gasteiger partial charge in [0.15, 0.2) is 0 Å². The topological polar surface area (TPSA) is 41.1 Å². The first-order chi connectivity index (χ1) is 10.6. The predicted octanol–water partition coefficient (Wildman–Crippen LogP) is 4.02. The maximum atomic E-state index is 13.4. The van der Waals surface area contributed by atoms with Gasteiger partial charge in [0.1, 0.15) is 5.82 Å². The van der Waals surface area contributed by atoms with Crippen molar-refractivity contribution in [3.63, 3.8) is 0 Å². The number of nitrogens with one attached hydrogen (secondary N) is 2. The van der Waals surface area contributed by atoms with Gasteiger partial charge in [-0.2, -0.15) is 0 Å². The molecule has 0 saturated carbocycles. The van der Waals surface area contributed by atoms with E-state index in [0.717, 1.165) is 15.7 Å². The molecule has 0 spiro atoms. The fourth-order valence-corrected chi connectivity index (χ4v) is 2.59. The van der Waals surface area contributed by atoms with E-state index in [2.05, 4.69) is 26.6 Å². The molecule has 2 aromatic carbocycles. The number of hydrogen-bond donors (Lipinski definition) is 2. The summed E-state index contributed by atoms with van der Waals surface area (Å²) in [5.74, 6) is -0.311. The number of halogens is 2. The zero-order valence-electron chi connectivity index (χ0n) is 12.3. The molecule has 5 heteroatoms. The van der Waals surface area contributed by atoms with Gasteiger partial charge in [-0.15, -0.1) is 0 Å². The third kappa shape index (κ3) is 4.93. The average molecular weight is 365 g/mol. The molecule has 0 atom stereocenters. The quantitative estimate of drug-likeness (QED) is 0.760. The first kappa shape index (κ1) is 16.6. The largest absolute Gasteiger partial charge is 0.325 e. The molecule has 0 aliphatic heterocycles. The Bertz CT molecular complexity index is 661. The minimum absolute atomic E-state index is 0.0782. The van der Waals surface area contributed by atoms with Gasteiger partial charge in [-0.1, -0.05) is 24.3 Å². The first-order valence-electron chi connectivity index (χ1n) is 7.06. The van der Waals surface area contributed by atoms with Crippen molar-refractivity contribution in [3.8, 4) is 0 Å². The monoisotopic (exact) mass is 364 g/mol. The zero-order valence-corrected chi connectivity index (χ0v) is 13.9. The van der Waals surface area contributed by atoms with Crippen molar-refractivity contribution in [1.29, 1.82) is 0 Å². The molecule has 2 N–H and O–H groups in total. The van der Waals surface area contributed by atoms with Gasteiger partial charge in [0, 0.05) is 29.5 Å². The van der Waals surface area contributed by atoms with Crippen LogP contribution in [0.15, 0.2) is 46.9 Å². The van der Waals surface area contributed by atoms with Gasteiger partial charge >= 0.3 is 0 Å². The van der Waals surface area contributed by atoms with E-state index in [1.807, 2.05) is 25.1 Å². The van der Waals surface area contributed by atoms with Crippen LogP contribution in [0.4, 0.5) is 10.1 Å². The van der Waals surface area contributed by atoms with Gasteiger partial charge in [-0.3, -0.25) is 4.79 Å². The van der Waals surface area contributed by atoms with Crippen LogP contribution in [0.3, 0.4) is 0 Å². The fourth-order valence-electron chi connectivity index (χ4n) is 2.00. The van der Waals surface area contributed by atoms with Crippen molar-refractivity contribution in [2.75, 3.05) is 11.9 Å². The van der Waals surface area contributed by atoms with Gasteiger partial charge in [0.2, 0.25) is 5.91 Å². The number of rotatable bonds is 6. The molecule has 1 amide bonds. The van der Waals surface area contributed by atoms with Crippen molar-refractivity contribution in [2.24, 2.45) is 0 Å². The van der Waals surface area contributed by atoms with Crippen LogP contribution in [-0.2, 0) is 11.3 Å². The van der Waals surface area contributed by atoms with Crippen molar-refractivity contribution in [3.05, 3.63) is 63.9 Å². The second-order valence-corrected chi connectivity index (χ2v) is 5.90. The standard InChI is InChI=1S/C17H18BrFN2O/c1-12-6-7-16(14(18)10-12)21-17(22)8-9-20-11-13-4-2-3-5-15(13)19/h2-7,10,20H,8-9,11H2,1H3,(H,21,22). The normalized spacial score (nSPS) is 10.5. The van der Waals surface area contributed by atoms with Crippen LogP contribution >= 0.6 is 15.9 Å². The van der Waals surface area contributed by atoms with E-state index in [4.69, 9.17) is 0 Å². The summed E-state index contributed by atoms with van der Waals surface area (Å²) in [4.78, 5) is 11.9. The lowest BCUT2D eigenvalue weighted by Crippen LogP contribution is -2.22. The van der Waals surface area contributed by atoms with Crippen LogP contribution < -0.4 is 10.6 Å². The molecular formula is C17H18BrFN2O. The van der Waals surface area contributed by atoms with Crippen LogP contribution in [0, 0.1) is 12.7 Å². The van der Waals surface area contributed by atoms with Gasteiger partial charge < -0.3 is 10.6 Å². The fraction of sp³-hybridized carbons (Fsp3) is 0.235. The first-order valence-corrected chi connectivity index (χ1v) is 7.85. The molecule has 0 saturated heterocycles. The lowest BCUT2D eigenvalue weighted by Gasteiger charge is -2.09. The molecule has 0 radical (unpaired) electrons. The molecular weight excluding hydrogens is 347 g/mol. The summed E-state index contributed by atoms with van der Waals surface area (Å²) in [5.41, 5.74) is 2.48. The summed E-state index contributed by atoms with van der Waals surface area (Å²) in [6.07, 6.45) is 0.328. The lowest BCUT2D eigenvalue weighted by atomic mass is 10.2. The number of anilines is 1. The molecule has 0 aromatic heterocycles. The second-order valence-electron chi connectivity index (χ2n) is 5.05. The molecule has 0 aliphatic carbocycles. The van der Waals surface area contributed by atoms with Crippen LogP contribution in [0.25, 0.3) is 0 Å². The van der Waals surface area contributed by atoms with E-state index >= 15 is 0 Å². The minimum atomic E-state index is -0.233. The summed E-state index contributed by atoms with van der Waals surface area (Å²) in [6.45, 7) is 2.89. The number of carbonyl (C=O) groups is 1. The molecule has 0 unspecified atom stereocenters. The Morgan fingerprint density at radius 2 is 2.00 bits per heavy atom. The third-order valence-corrected chi connectivity index (χ3v) is 3.86. The smallest absolute Gasteiger partial charge is 0.225 e. The third-order valence-electron chi connectivity index (χ3n) is 3.20. The van der Waals surface area contributed by atoms with Crippen LogP contribution in [-0.4, -0.2) is 12.5 Å². The Balaban J connectivity index is 1.75. The Morgan fingerprint density at radius 1 is 1.23 bits per heavy atom. The van der Waals surface area contributed by atoms with E-state index in [1.165, 1.54) is 6.07 Å². The van der Waals surface area contributed by atoms with Crippen molar-refractivity contribution in [1.82, 2.24) is 5.32 Å². The molecule has 2 rings (SSSR count). The van der Waals surface area contributed by atoms with Gasteiger partial charge in [-0.05, 0) is 46.6 Å². The van der Waals surface area contributed by atoms with Crippen molar-refractivity contribution >= 4 is 27.5 Å². The minimum Gasteiger partial charge on any atom is -0.325 e. The maximum Gasteiger partial charge on any atom is 0.225 e. The van der Waals surface area contributed by atoms with Crippen molar-refractivity contribution < 1.29 is 9.18 Å². The number of hydrogen-bond acceptors (Lipinski definition) is 2. The highest BCUT2D eigenvalue weighted by Gasteiger charge is 2.06.